The SMILES string of the molecule is Cc1cnc(CN(C)C(=O)C2CCCN(C3CCN(Cc4ccncc4)CC3)C2)[nH]1. The van der Waals surface area contributed by atoms with Gasteiger partial charge < -0.3 is 9.88 Å². The third-order valence-corrected chi connectivity index (χ3v) is 6.55. The molecule has 2 aliphatic rings. The normalized spacial score (nSPS) is 21.6. The topological polar surface area (TPSA) is 68.4 Å². The van der Waals surface area contributed by atoms with Gasteiger partial charge in [0, 0.05) is 50.5 Å². The Labute approximate surface area is 179 Å². The number of piperidine rings is 2. The number of amides is 1. The van der Waals surface area contributed by atoms with Crippen LogP contribution in [0.5, 0.6) is 0 Å². The summed E-state index contributed by atoms with van der Waals surface area (Å²) in [5.74, 6) is 1.22. The van der Waals surface area contributed by atoms with E-state index in [2.05, 4.69) is 36.9 Å². The maximum atomic E-state index is 13.0. The van der Waals surface area contributed by atoms with Gasteiger partial charge in [0.1, 0.15) is 5.82 Å². The number of H-pyrrole nitrogens is 1. The minimum absolute atomic E-state index is 0.106. The third kappa shape index (κ3) is 5.26. The van der Waals surface area contributed by atoms with Crippen molar-refractivity contribution in [1.82, 2.24) is 29.7 Å². The highest BCUT2D eigenvalue weighted by atomic mass is 16.2. The smallest absolute Gasteiger partial charge is 0.227 e. The van der Waals surface area contributed by atoms with E-state index in [0.717, 1.165) is 57.1 Å². The van der Waals surface area contributed by atoms with Gasteiger partial charge in [-0.2, -0.15) is 0 Å². The highest BCUT2D eigenvalue weighted by Crippen LogP contribution is 2.25. The number of likely N-dealkylation sites (tertiary alicyclic amines) is 2. The third-order valence-electron chi connectivity index (χ3n) is 6.55. The Balaban J connectivity index is 1.26. The second-order valence-corrected chi connectivity index (χ2v) is 8.90. The van der Waals surface area contributed by atoms with Crippen molar-refractivity contribution < 1.29 is 4.79 Å². The molecule has 2 aromatic rings. The van der Waals surface area contributed by atoms with Gasteiger partial charge in [0.2, 0.25) is 5.91 Å². The first-order chi connectivity index (χ1) is 14.6. The fourth-order valence-electron chi connectivity index (χ4n) is 4.89. The lowest BCUT2D eigenvalue weighted by Gasteiger charge is -2.42. The molecule has 0 spiro atoms. The number of aryl methyl sites for hydroxylation is 1. The molecule has 2 aliphatic heterocycles. The van der Waals surface area contributed by atoms with Crippen LogP contribution in [0.15, 0.2) is 30.7 Å². The van der Waals surface area contributed by atoms with E-state index in [1.165, 1.54) is 18.4 Å². The second kappa shape index (κ2) is 9.71. The van der Waals surface area contributed by atoms with Crippen LogP contribution in [0.2, 0.25) is 0 Å². The van der Waals surface area contributed by atoms with Crippen LogP contribution in [-0.2, 0) is 17.9 Å². The average Bonchev–Trinajstić information content (AvgIpc) is 3.19. The standard InChI is InChI=1S/C23H34N6O/c1-18-14-25-22(26-18)17-27(2)23(30)20-4-3-11-29(16-20)21-7-12-28(13-8-21)15-19-5-9-24-10-6-19/h5-6,9-10,14,20-21H,3-4,7-8,11-13,15-17H2,1-2H3,(H,25,26). The maximum Gasteiger partial charge on any atom is 0.227 e. The number of imidazole rings is 1. The summed E-state index contributed by atoms with van der Waals surface area (Å²) in [5.41, 5.74) is 2.37. The van der Waals surface area contributed by atoms with Gasteiger partial charge in [-0.25, -0.2) is 4.98 Å². The first kappa shape index (κ1) is 21.0. The van der Waals surface area contributed by atoms with Crippen LogP contribution in [0.3, 0.4) is 0 Å². The summed E-state index contributed by atoms with van der Waals surface area (Å²) in [6.45, 7) is 7.82. The zero-order valence-corrected chi connectivity index (χ0v) is 18.3. The highest BCUT2D eigenvalue weighted by Gasteiger charge is 2.33. The summed E-state index contributed by atoms with van der Waals surface area (Å²) >= 11 is 0. The largest absolute Gasteiger partial charge is 0.345 e. The molecular formula is C23H34N6O. The van der Waals surface area contributed by atoms with Crippen molar-refractivity contribution in [3.05, 3.63) is 47.8 Å². The van der Waals surface area contributed by atoms with Crippen molar-refractivity contribution in [3.63, 3.8) is 0 Å². The Bertz CT molecular complexity index is 814. The summed E-state index contributed by atoms with van der Waals surface area (Å²) < 4.78 is 0. The van der Waals surface area contributed by atoms with E-state index in [1.807, 2.05) is 37.5 Å². The van der Waals surface area contributed by atoms with Crippen molar-refractivity contribution in [2.45, 2.75) is 51.7 Å². The number of nitrogens with one attached hydrogen (secondary N) is 1. The molecule has 0 bridgehead atoms. The van der Waals surface area contributed by atoms with E-state index in [-0.39, 0.29) is 11.8 Å². The number of rotatable bonds is 6. The molecule has 30 heavy (non-hydrogen) atoms. The lowest BCUT2D eigenvalue weighted by molar-refractivity contribution is -0.137. The maximum absolute atomic E-state index is 13.0. The van der Waals surface area contributed by atoms with Crippen LogP contribution < -0.4 is 0 Å². The molecule has 0 saturated carbocycles. The number of carbonyl (C=O) groups is 1. The van der Waals surface area contributed by atoms with Gasteiger partial charge in [0.25, 0.3) is 0 Å². The van der Waals surface area contributed by atoms with Gasteiger partial charge in [-0.15, -0.1) is 0 Å². The molecule has 2 aromatic heterocycles. The quantitative estimate of drug-likeness (QED) is 0.792. The van der Waals surface area contributed by atoms with E-state index in [4.69, 9.17) is 0 Å². The second-order valence-electron chi connectivity index (χ2n) is 8.90. The lowest BCUT2D eigenvalue weighted by Crippen LogP contribution is -2.50. The monoisotopic (exact) mass is 410 g/mol. The first-order valence-electron chi connectivity index (χ1n) is 11.2. The van der Waals surface area contributed by atoms with E-state index >= 15 is 0 Å². The summed E-state index contributed by atoms with van der Waals surface area (Å²) in [5, 5.41) is 0. The number of hydrogen-bond acceptors (Lipinski definition) is 5. The lowest BCUT2D eigenvalue weighted by atomic mass is 9.93. The molecule has 4 heterocycles. The van der Waals surface area contributed by atoms with Crippen LogP contribution in [0, 0.1) is 12.8 Å². The van der Waals surface area contributed by atoms with Crippen LogP contribution in [-0.4, -0.2) is 74.8 Å². The number of pyridine rings is 1. The number of carbonyl (C=O) groups excluding carboxylic acids is 1. The van der Waals surface area contributed by atoms with Gasteiger partial charge in [-0.3, -0.25) is 19.6 Å². The van der Waals surface area contributed by atoms with Crippen molar-refractivity contribution >= 4 is 5.91 Å². The first-order valence-corrected chi connectivity index (χ1v) is 11.2. The summed E-state index contributed by atoms with van der Waals surface area (Å²) in [6.07, 6.45) is 10.0. The summed E-state index contributed by atoms with van der Waals surface area (Å²) in [4.78, 5) is 31.7. The molecule has 1 amide bonds. The van der Waals surface area contributed by atoms with Crippen LogP contribution >= 0.6 is 0 Å². The Hall–Kier alpha value is -2.25. The molecule has 1 unspecified atom stereocenters. The van der Waals surface area contributed by atoms with Gasteiger partial charge in [-0.1, -0.05) is 0 Å². The molecular weight excluding hydrogens is 376 g/mol. The van der Waals surface area contributed by atoms with Crippen LogP contribution in [0.25, 0.3) is 0 Å². The van der Waals surface area contributed by atoms with Crippen molar-refractivity contribution in [3.8, 4) is 0 Å². The van der Waals surface area contributed by atoms with Crippen molar-refractivity contribution in [1.29, 1.82) is 0 Å². The average molecular weight is 411 g/mol. The molecule has 0 radical (unpaired) electrons. The molecule has 2 fully saturated rings. The Morgan fingerprint density at radius 1 is 1.20 bits per heavy atom. The molecule has 1 atom stereocenters. The minimum atomic E-state index is 0.106. The fraction of sp³-hybridized carbons (Fsp3) is 0.609. The number of aromatic nitrogens is 3. The zero-order chi connectivity index (χ0) is 20.9. The van der Waals surface area contributed by atoms with E-state index in [9.17, 15) is 4.79 Å². The predicted molar refractivity (Wildman–Crippen MR) is 117 cm³/mol. The van der Waals surface area contributed by atoms with Crippen LogP contribution in [0.4, 0.5) is 0 Å². The van der Waals surface area contributed by atoms with Gasteiger partial charge in [0.05, 0.1) is 12.5 Å². The fourth-order valence-corrected chi connectivity index (χ4v) is 4.89. The molecule has 0 aliphatic carbocycles. The number of aromatic amines is 1. The van der Waals surface area contributed by atoms with Crippen molar-refractivity contribution in [2.24, 2.45) is 5.92 Å². The Kier molecular flexibility index (Phi) is 6.79. The molecule has 2 saturated heterocycles. The van der Waals surface area contributed by atoms with Crippen LogP contribution in [0.1, 0.15) is 42.8 Å². The molecule has 7 heteroatoms. The van der Waals surface area contributed by atoms with Gasteiger partial charge in [0.15, 0.2) is 0 Å². The van der Waals surface area contributed by atoms with E-state index in [0.29, 0.717) is 12.6 Å². The molecule has 162 valence electrons. The predicted octanol–water partition coefficient (Wildman–Crippen LogP) is 2.45. The zero-order valence-electron chi connectivity index (χ0n) is 18.3. The van der Waals surface area contributed by atoms with E-state index in [1.54, 1.807) is 0 Å². The van der Waals surface area contributed by atoms with Crippen molar-refractivity contribution in [2.75, 3.05) is 33.2 Å². The molecule has 0 aromatic carbocycles. The number of nitrogens with zero attached hydrogens (tertiary/aromatic N) is 5. The minimum Gasteiger partial charge on any atom is -0.345 e. The Morgan fingerprint density at radius 2 is 1.97 bits per heavy atom. The molecule has 7 nitrogen and oxygen atoms in total. The molecule has 4 rings (SSSR count). The number of hydrogen-bond donors (Lipinski definition) is 1. The summed E-state index contributed by atoms with van der Waals surface area (Å²) in [6, 6.07) is 4.81. The Morgan fingerprint density at radius 3 is 2.67 bits per heavy atom. The van der Waals surface area contributed by atoms with Gasteiger partial charge >= 0.3 is 0 Å². The van der Waals surface area contributed by atoms with Gasteiger partial charge in [-0.05, 0) is 69.9 Å². The molecule has 1 N–H and O–H groups in total. The highest BCUT2D eigenvalue weighted by molar-refractivity contribution is 5.78. The van der Waals surface area contributed by atoms with E-state index < -0.39 is 0 Å². The summed E-state index contributed by atoms with van der Waals surface area (Å²) in [7, 11) is 1.90.